The molecule has 2 aromatic carbocycles. The molecular weight excluding hydrogens is 331 g/mol. The molecule has 1 heterocycles. The number of rotatable bonds is 5. The van der Waals surface area contributed by atoms with Gasteiger partial charge in [0.2, 0.25) is 11.8 Å². The molecule has 1 N–H and O–H groups in total. The molecule has 1 saturated heterocycles. The van der Waals surface area contributed by atoms with Crippen molar-refractivity contribution in [3.63, 3.8) is 0 Å². The van der Waals surface area contributed by atoms with Crippen molar-refractivity contribution in [1.82, 2.24) is 5.32 Å². The van der Waals surface area contributed by atoms with E-state index in [2.05, 4.69) is 19.2 Å². The van der Waals surface area contributed by atoms with E-state index in [0.717, 1.165) is 11.3 Å². The number of nitrogens with zero attached hydrogens (tertiary/aromatic N) is 1. The predicted molar refractivity (Wildman–Crippen MR) is 99.2 cm³/mol. The fraction of sp³-hybridized carbons (Fsp3) is 0.333. The minimum atomic E-state index is -0.368. The van der Waals surface area contributed by atoms with E-state index < -0.39 is 0 Å². The Labute approximate surface area is 153 Å². The zero-order chi connectivity index (χ0) is 18.7. The summed E-state index contributed by atoms with van der Waals surface area (Å²) in [6, 6.07) is 13.9. The van der Waals surface area contributed by atoms with Crippen molar-refractivity contribution in [2.24, 2.45) is 5.92 Å². The highest BCUT2D eigenvalue weighted by Crippen LogP contribution is 2.27. The Hall–Kier alpha value is -2.69. The van der Waals surface area contributed by atoms with Crippen molar-refractivity contribution >= 4 is 17.5 Å². The molecule has 1 fully saturated rings. The van der Waals surface area contributed by atoms with Crippen LogP contribution in [0, 0.1) is 11.7 Å². The second kappa shape index (κ2) is 7.68. The van der Waals surface area contributed by atoms with Crippen LogP contribution in [0.3, 0.4) is 0 Å². The number of benzene rings is 2. The first-order valence-corrected chi connectivity index (χ1v) is 8.86. The first kappa shape index (κ1) is 18.1. The Morgan fingerprint density at radius 3 is 2.42 bits per heavy atom. The first-order chi connectivity index (χ1) is 12.4. The summed E-state index contributed by atoms with van der Waals surface area (Å²) >= 11 is 0. The topological polar surface area (TPSA) is 49.4 Å². The maximum Gasteiger partial charge on any atom is 0.227 e. The van der Waals surface area contributed by atoms with Crippen molar-refractivity contribution in [2.75, 3.05) is 11.4 Å². The molecule has 2 aromatic rings. The van der Waals surface area contributed by atoms with Gasteiger partial charge in [0.1, 0.15) is 5.82 Å². The molecular formula is C21H23FN2O2. The number of anilines is 1. The Kier molecular flexibility index (Phi) is 5.35. The Morgan fingerprint density at radius 1 is 1.15 bits per heavy atom. The lowest BCUT2D eigenvalue weighted by Crippen LogP contribution is -2.32. The van der Waals surface area contributed by atoms with E-state index in [1.807, 2.05) is 24.3 Å². The highest BCUT2D eigenvalue weighted by Gasteiger charge is 2.34. The maximum atomic E-state index is 12.9. The summed E-state index contributed by atoms with van der Waals surface area (Å²) < 4.78 is 12.9. The number of carbonyl (C=O) groups excluding carboxylic acids is 2. The molecule has 5 heteroatoms. The third-order valence-electron chi connectivity index (χ3n) is 4.75. The molecule has 0 radical (unpaired) electrons. The molecule has 2 amide bonds. The molecule has 0 spiro atoms. The number of amides is 2. The fourth-order valence-corrected chi connectivity index (χ4v) is 3.11. The van der Waals surface area contributed by atoms with Crippen LogP contribution in [0.1, 0.15) is 37.3 Å². The van der Waals surface area contributed by atoms with Gasteiger partial charge in [0, 0.05) is 25.2 Å². The van der Waals surface area contributed by atoms with Gasteiger partial charge in [0.25, 0.3) is 0 Å². The molecule has 0 saturated carbocycles. The van der Waals surface area contributed by atoms with Crippen molar-refractivity contribution < 1.29 is 14.0 Å². The lowest BCUT2D eigenvalue weighted by Gasteiger charge is -2.17. The van der Waals surface area contributed by atoms with Gasteiger partial charge in [-0.2, -0.15) is 0 Å². The van der Waals surface area contributed by atoms with Crippen LogP contribution in [0.15, 0.2) is 48.5 Å². The van der Waals surface area contributed by atoms with Crippen molar-refractivity contribution in [2.45, 2.75) is 32.7 Å². The van der Waals surface area contributed by atoms with E-state index in [1.165, 1.54) is 17.7 Å². The lowest BCUT2D eigenvalue weighted by molar-refractivity contribution is -0.126. The first-order valence-electron chi connectivity index (χ1n) is 8.86. The fourth-order valence-electron chi connectivity index (χ4n) is 3.11. The average molecular weight is 354 g/mol. The number of hydrogen-bond donors (Lipinski definition) is 1. The van der Waals surface area contributed by atoms with Gasteiger partial charge in [-0.25, -0.2) is 4.39 Å². The van der Waals surface area contributed by atoms with Gasteiger partial charge in [-0.05, 0) is 41.3 Å². The molecule has 0 bridgehead atoms. The summed E-state index contributed by atoms with van der Waals surface area (Å²) in [5, 5.41) is 2.84. The minimum Gasteiger partial charge on any atom is -0.352 e. The number of carbonyl (C=O) groups is 2. The summed E-state index contributed by atoms with van der Waals surface area (Å²) in [6.45, 7) is 4.96. The van der Waals surface area contributed by atoms with Crippen LogP contribution in [0.25, 0.3) is 0 Å². The SMILES string of the molecule is CC(C)c1ccc(N2CC(C(=O)NCc3ccc(F)cc3)CC2=O)cc1. The van der Waals surface area contributed by atoms with Gasteiger partial charge in [-0.15, -0.1) is 0 Å². The lowest BCUT2D eigenvalue weighted by atomic mass is 10.0. The van der Waals surface area contributed by atoms with Crippen LogP contribution in [-0.2, 0) is 16.1 Å². The van der Waals surface area contributed by atoms with Gasteiger partial charge < -0.3 is 10.2 Å². The van der Waals surface area contributed by atoms with Crippen LogP contribution in [-0.4, -0.2) is 18.4 Å². The van der Waals surface area contributed by atoms with E-state index in [0.29, 0.717) is 19.0 Å². The van der Waals surface area contributed by atoms with Gasteiger partial charge >= 0.3 is 0 Å². The van der Waals surface area contributed by atoms with E-state index in [1.54, 1.807) is 17.0 Å². The van der Waals surface area contributed by atoms with Crippen molar-refractivity contribution in [3.05, 3.63) is 65.5 Å². The van der Waals surface area contributed by atoms with Crippen molar-refractivity contribution in [3.8, 4) is 0 Å². The van der Waals surface area contributed by atoms with Gasteiger partial charge in [-0.3, -0.25) is 9.59 Å². The largest absolute Gasteiger partial charge is 0.352 e. The Bertz CT molecular complexity index is 785. The number of halogens is 1. The van der Waals surface area contributed by atoms with E-state index in [9.17, 15) is 14.0 Å². The summed E-state index contributed by atoms with van der Waals surface area (Å²) in [5.41, 5.74) is 2.87. The standard InChI is InChI=1S/C21H23FN2O2/c1-14(2)16-5-9-19(10-6-16)24-13-17(11-20(24)25)21(26)23-12-15-3-7-18(22)8-4-15/h3-10,14,17H,11-13H2,1-2H3,(H,23,26). The van der Waals surface area contributed by atoms with E-state index in [-0.39, 0.29) is 30.0 Å². The molecule has 1 aliphatic heterocycles. The molecule has 4 nitrogen and oxygen atoms in total. The third kappa shape index (κ3) is 4.10. The van der Waals surface area contributed by atoms with Crippen LogP contribution >= 0.6 is 0 Å². The molecule has 0 aromatic heterocycles. The zero-order valence-corrected chi connectivity index (χ0v) is 15.0. The summed E-state index contributed by atoms with van der Waals surface area (Å²) in [5.74, 6) is -0.426. The summed E-state index contributed by atoms with van der Waals surface area (Å²) in [6.07, 6.45) is 0.210. The Balaban J connectivity index is 1.59. The van der Waals surface area contributed by atoms with E-state index in [4.69, 9.17) is 0 Å². The van der Waals surface area contributed by atoms with Gasteiger partial charge in [0.05, 0.1) is 5.92 Å². The van der Waals surface area contributed by atoms with Gasteiger partial charge in [-0.1, -0.05) is 38.1 Å². The number of nitrogens with one attached hydrogen (secondary N) is 1. The van der Waals surface area contributed by atoms with Crippen LogP contribution in [0.4, 0.5) is 10.1 Å². The summed E-state index contributed by atoms with van der Waals surface area (Å²) in [4.78, 5) is 26.4. The molecule has 0 aliphatic carbocycles. The molecule has 1 atom stereocenters. The second-order valence-electron chi connectivity index (χ2n) is 7.00. The molecule has 1 unspecified atom stereocenters. The van der Waals surface area contributed by atoms with Crippen LogP contribution in [0.5, 0.6) is 0 Å². The van der Waals surface area contributed by atoms with Crippen molar-refractivity contribution in [1.29, 1.82) is 0 Å². The van der Waals surface area contributed by atoms with Crippen LogP contribution in [0.2, 0.25) is 0 Å². The summed E-state index contributed by atoms with van der Waals surface area (Å²) in [7, 11) is 0. The highest BCUT2D eigenvalue weighted by atomic mass is 19.1. The molecule has 136 valence electrons. The number of hydrogen-bond acceptors (Lipinski definition) is 2. The zero-order valence-electron chi connectivity index (χ0n) is 15.0. The monoisotopic (exact) mass is 354 g/mol. The molecule has 26 heavy (non-hydrogen) atoms. The Morgan fingerprint density at radius 2 is 1.81 bits per heavy atom. The third-order valence-corrected chi connectivity index (χ3v) is 4.75. The quantitative estimate of drug-likeness (QED) is 0.892. The maximum absolute atomic E-state index is 12.9. The smallest absolute Gasteiger partial charge is 0.227 e. The van der Waals surface area contributed by atoms with E-state index >= 15 is 0 Å². The predicted octanol–water partition coefficient (Wildman–Crippen LogP) is 3.62. The van der Waals surface area contributed by atoms with Crippen LogP contribution < -0.4 is 10.2 Å². The average Bonchev–Trinajstić information content (AvgIpc) is 3.03. The molecule has 3 rings (SSSR count). The minimum absolute atomic E-state index is 0.0378. The van der Waals surface area contributed by atoms with Gasteiger partial charge in [0.15, 0.2) is 0 Å². The highest BCUT2D eigenvalue weighted by molar-refractivity contribution is 6.00. The molecule has 1 aliphatic rings. The second-order valence-corrected chi connectivity index (χ2v) is 7.00. The normalized spacial score (nSPS) is 17.0.